The molecule has 0 atom stereocenters. The molecule has 1 heterocycles. The molecule has 15 heavy (non-hydrogen) atoms. The van der Waals surface area contributed by atoms with Crippen molar-refractivity contribution in [1.82, 2.24) is 0 Å². The zero-order valence-electron chi connectivity index (χ0n) is 9.81. The summed E-state index contributed by atoms with van der Waals surface area (Å²) in [7, 11) is 0. The Labute approximate surface area is 97.0 Å². The standard InChI is InChI=1S/C14H20S/c1-3-5-9-13-11(4-2)12-8-6-7-10-14(12)15-13/h6,8H,3-5,7,9-10H2,1-2H3. The Morgan fingerprint density at radius 3 is 2.93 bits per heavy atom. The van der Waals surface area contributed by atoms with Crippen molar-refractivity contribution in [3.05, 3.63) is 27.0 Å². The number of hydrogen-bond acceptors (Lipinski definition) is 1. The third-order valence-corrected chi connectivity index (χ3v) is 4.51. The van der Waals surface area contributed by atoms with Gasteiger partial charge in [-0.1, -0.05) is 32.4 Å². The van der Waals surface area contributed by atoms with E-state index in [0.717, 1.165) is 0 Å². The second-order valence-electron chi connectivity index (χ2n) is 4.24. The van der Waals surface area contributed by atoms with Crippen LogP contribution in [0.2, 0.25) is 0 Å². The molecule has 0 fully saturated rings. The first-order valence-electron chi connectivity index (χ1n) is 6.16. The van der Waals surface area contributed by atoms with Crippen molar-refractivity contribution in [2.45, 2.75) is 52.4 Å². The monoisotopic (exact) mass is 220 g/mol. The molecule has 0 nitrogen and oxygen atoms in total. The number of aryl methyl sites for hydroxylation is 2. The van der Waals surface area contributed by atoms with Gasteiger partial charge in [0.1, 0.15) is 0 Å². The lowest BCUT2D eigenvalue weighted by Gasteiger charge is -2.05. The average Bonchev–Trinajstić information content (AvgIpc) is 2.63. The van der Waals surface area contributed by atoms with Crippen molar-refractivity contribution in [2.24, 2.45) is 0 Å². The van der Waals surface area contributed by atoms with Crippen LogP contribution in [0.4, 0.5) is 0 Å². The van der Waals surface area contributed by atoms with Crippen LogP contribution in [-0.4, -0.2) is 0 Å². The zero-order chi connectivity index (χ0) is 10.7. The molecule has 0 saturated heterocycles. The van der Waals surface area contributed by atoms with Crippen LogP contribution in [0, 0.1) is 0 Å². The van der Waals surface area contributed by atoms with Crippen molar-refractivity contribution < 1.29 is 0 Å². The minimum absolute atomic E-state index is 1.20. The maximum absolute atomic E-state index is 2.35. The Kier molecular flexibility index (Phi) is 3.63. The van der Waals surface area contributed by atoms with E-state index in [1.54, 1.807) is 20.9 Å². The summed E-state index contributed by atoms with van der Waals surface area (Å²) in [6, 6.07) is 0. The van der Waals surface area contributed by atoms with Gasteiger partial charge in [-0.15, -0.1) is 11.3 Å². The predicted octanol–water partition coefficient (Wildman–Crippen LogP) is 4.61. The Bertz CT molecular complexity index is 358. The van der Waals surface area contributed by atoms with Gasteiger partial charge in [0.05, 0.1) is 0 Å². The van der Waals surface area contributed by atoms with Gasteiger partial charge in [0.2, 0.25) is 0 Å². The summed E-state index contributed by atoms with van der Waals surface area (Å²) in [6.45, 7) is 4.57. The molecule has 82 valence electrons. The minimum Gasteiger partial charge on any atom is -0.144 e. The number of thiophene rings is 1. The van der Waals surface area contributed by atoms with Gasteiger partial charge in [-0.3, -0.25) is 0 Å². The molecule has 1 heteroatoms. The smallest absolute Gasteiger partial charge is 0.0126 e. The lowest BCUT2D eigenvalue weighted by Crippen LogP contribution is -1.92. The highest BCUT2D eigenvalue weighted by Gasteiger charge is 2.15. The highest BCUT2D eigenvalue weighted by molar-refractivity contribution is 7.12. The Morgan fingerprint density at radius 1 is 1.33 bits per heavy atom. The molecule has 0 saturated carbocycles. The zero-order valence-corrected chi connectivity index (χ0v) is 10.6. The molecule has 1 aliphatic rings. The third-order valence-electron chi connectivity index (χ3n) is 3.14. The predicted molar refractivity (Wildman–Crippen MR) is 69.7 cm³/mol. The van der Waals surface area contributed by atoms with Crippen LogP contribution >= 0.6 is 11.3 Å². The van der Waals surface area contributed by atoms with E-state index in [1.807, 2.05) is 0 Å². The molecule has 2 rings (SSSR count). The molecule has 0 N–H and O–H groups in total. The first-order valence-corrected chi connectivity index (χ1v) is 6.98. The molecule has 1 aromatic heterocycles. The third kappa shape index (κ3) is 2.17. The maximum Gasteiger partial charge on any atom is 0.0126 e. The first-order chi connectivity index (χ1) is 7.36. The van der Waals surface area contributed by atoms with Gasteiger partial charge in [0, 0.05) is 9.75 Å². The quantitative estimate of drug-likeness (QED) is 0.695. The fourth-order valence-electron chi connectivity index (χ4n) is 2.31. The molecule has 1 aliphatic carbocycles. The van der Waals surface area contributed by atoms with E-state index in [2.05, 4.69) is 37.3 Å². The molecule has 0 aliphatic heterocycles. The highest BCUT2D eigenvalue weighted by Crippen LogP contribution is 2.34. The number of hydrogen-bond donors (Lipinski definition) is 0. The van der Waals surface area contributed by atoms with Crippen LogP contribution in [0.25, 0.3) is 6.08 Å². The molecular weight excluding hydrogens is 200 g/mol. The van der Waals surface area contributed by atoms with Crippen molar-refractivity contribution in [3.8, 4) is 0 Å². The van der Waals surface area contributed by atoms with Crippen molar-refractivity contribution in [2.75, 3.05) is 0 Å². The van der Waals surface area contributed by atoms with Gasteiger partial charge >= 0.3 is 0 Å². The van der Waals surface area contributed by atoms with E-state index in [0.29, 0.717) is 0 Å². The molecule has 1 aromatic rings. The van der Waals surface area contributed by atoms with E-state index in [4.69, 9.17) is 0 Å². The number of unbranched alkanes of at least 4 members (excludes halogenated alkanes) is 1. The topological polar surface area (TPSA) is 0 Å². The summed E-state index contributed by atoms with van der Waals surface area (Å²) >= 11 is 2.08. The van der Waals surface area contributed by atoms with Crippen LogP contribution in [-0.2, 0) is 19.3 Å². The van der Waals surface area contributed by atoms with Crippen LogP contribution in [0.1, 0.15) is 54.0 Å². The van der Waals surface area contributed by atoms with Crippen molar-refractivity contribution >= 4 is 17.4 Å². The molecule has 0 spiro atoms. The van der Waals surface area contributed by atoms with Gasteiger partial charge in [0.15, 0.2) is 0 Å². The van der Waals surface area contributed by atoms with E-state index in [1.165, 1.54) is 38.5 Å². The Balaban J connectivity index is 2.30. The number of fused-ring (bicyclic) bond motifs is 1. The van der Waals surface area contributed by atoms with Gasteiger partial charge in [-0.25, -0.2) is 0 Å². The summed E-state index contributed by atoms with van der Waals surface area (Å²) in [6.07, 6.45) is 12.3. The van der Waals surface area contributed by atoms with Crippen LogP contribution in [0.5, 0.6) is 0 Å². The molecule has 0 unspecified atom stereocenters. The number of allylic oxidation sites excluding steroid dienone is 1. The first kappa shape index (κ1) is 10.9. The lowest BCUT2D eigenvalue weighted by molar-refractivity contribution is 0.797. The van der Waals surface area contributed by atoms with E-state index >= 15 is 0 Å². The maximum atomic E-state index is 2.35. The fourth-order valence-corrected chi connectivity index (χ4v) is 3.75. The van der Waals surface area contributed by atoms with Crippen LogP contribution in [0.3, 0.4) is 0 Å². The number of rotatable bonds is 4. The molecule has 0 aromatic carbocycles. The second-order valence-corrected chi connectivity index (χ2v) is 5.43. The van der Waals surface area contributed by atoms with Gasteiger partial charge in [-0.2, -0.15) is 0 Å². The second kappa shape index (κ2) is 4.98. The normalized spacial score (nSPS) is 14.3. The van der Waals surface area contributed by atoms with E-state index in [-0.39, 0.29) is 0 Å². The molecular formula is C14H20S. The molecule has 0 amide bonds. The van der Waals surface area contributed by atoms with Crippen molar-refractivity contribution in [1.29, 1.82) is 0 Å². The minimum atomic E-state index is 1.20. The molecule has 0 radical (unpaired) electrons. The summed E-state index contributed by atoms with van der Waals surface area (Å²) < 4.78 is 0. The fraction of sp³-hybridized carbons (Fsp3) is 0.571. The summed E-state index contributed by atoms with van der Waals surface area (Å²) in [5.41, 5.74) is 3.21. The van der Waals surface area contributed by atoms with Gasteiger partial charge in [-0.05, 0) is 43.2 Å². The Morgan fingerprint density at radius 2 is 2.20 bits per heavy atom. The van der Waals surface area contributed by atoms with Crippen molar-refractivity contribution in [3.63, 3.8) is 0 Å². The highest BCUT2D eigenvalue weighted by atomic mass is 32.1. The van der Waals surface area contributed by atoms with Gasteiger partial charge < -0.3 is 0 Å². The summed E-state index contributed by atoms with van der Waals surface area (Å²) in [5.74, 6) is 0. The summed E-state index contributed by atoms with van der Waals surface area (Å²) in [5, 5.41) is 0. The van der Waals surface area contributed by atoms with Gasteiger partial charge in [0.25, 0.3) is 0 Å². The lowest BCUT2D eigenvalue weighted by atomic mass is 9.98. The molecule has 0 bridgehead atoms. The van der Waals surface area contributed by atoms with Crippen LogP contribution in [0.15, 0.2) is 6.08 Å². The average molecular weight is 220 g/mol. The van der Waals surface area contributed by atoms with E-state index in [9.17, 15) is 0 Å². The van der Waals surface area contributed by atoms with E-state index < -0.39 is 0 Å². The SMILES string of the molecule is CCCCc1sc2c(c1CC)C=CCC2. The van der Waals surface area contributed by atoms with Crippen LogP contribution < -0.4 is 0 Å². The largest absolute Gasteiger partial charge is 0.144 e. The summed E-state index contributed by atoms with van der Waals surface area (Å²) in [4.78, 5) is 3.30. The Hall–Kier alpha value is -0.560.